The van der Waals surface area contributed by atoms with Crippen LogP contribution in [0.15, 0.2) is 192 Å². The zero-order valence-electron chi connectivity index (χ0n) is 32.1. The highest BCUT2D eigenvalue weighted by atomic mass is 16.3. The van der Waals surface area contributed by atoms with E-state index in [4.69, 9.17) is 19.4 Å². The zero-order chi connectivity index (χ0) is 38.8. The Labute approximate surface area is 337 Å². The maximum Gasteiger partial charge on any atom is 0.164 e. The molecule has 0 unspecified atom stereocenters. The van der Waals surface area contributed by atoms with Gasteiger partial charge in [-0.3, -0.25) is 0 Å². The second-order valence-corrected chi connectivity index (χ2v) is 15.6. The van der Waals surface area contributed by atoms with Gasteiger partial charge in [0.2, 0.25) is 0 Å². The lowest BCUT2D eigenvalue weighted by atomic mass is 9.82. The SMILES string of the molecule is CC1(C)c2ccccc2-c2c(-c3cccc(-c4nc(-c5ccccc5)nc(-c5cccc(-c6ccc7c(c6)oc6cccc(-c8ccccc8)c67)c5)n4)c3)cccc21. The van der Waals surface area contributed by atoms with Crippen molar-refractivity contribution in [2.24, 2.45) is 0 Å². The van der Waals surface area contributed by atoms with Crippen LogP contribution in [0.25, 0.3) is 101 Å². The lowest BCUT2D eigenvalue weighted by molar-refractivity contribution is 0.660. The first-order valence-electron chi connectivity index (χ1n) is 19.8. The monoisotopic (exact) mass is 743 g/mol. The molecule has 1 aliphatic carbocycles. The summed E-state index contributed by atoms with van der Waals surface area (Å²) in [4.78, 5) is 15.4. The second-order valence-electron chi connectivity index (χ2n) is 15.6. The number of hydrogen-bond acceptors (Lipinski definition) is 4. The molecule has 4 heteroatoms. The van der Waals surface area contributed by atoms with E-state index in [1.54, 1.807) is 0 Å². The van der Waals surface area contributed by atoms with Crippen LogP contribution >= 0.6 is 0 Å². The van der Waals surface area contributed by atoms with E-state index in [0.29, 0.717) is 17.5 Å². The molecule has 10 aromatic rings. The van der Waals surface area contributed by atoms with Gasteiger partial charge in [-0.15, -0.1) is 0 Å². The summed E-state index contributed by atoms with van der Waals surface area (Å²) in [6, 6.07) is 66.0. The van der Waals surface area contributed by atoms with Crippen LogP contribution in [0, 0.1) is 0 Å². The summed E-state index contributed by atoms with van der Waals surface area (Å²) in [5.41, 5.74) is 16.5. The van der Waals surface area contributed by atoms with E-state index >= 15 is 0 Å². The van der Waals surface area contributed by atoms with Gasteiger partial charge in [0.1, 0.15) is 11.2 Å². The summed E-state index contributed by atoms with van der Waals surface area (Å²) >= 11 is 0. The van der Waals surface area contributed by atoms with Crippen LogP contribution in [0.5, 0.6) is 0 Å². The Morgan fingerprint density at radius 3 is 1.64 bits per heavy atom. The highest BCUT2D eigenvalue weighted by Gasteiger charge is 2.36. The van der Waals surface area contributed by atoms with Crippen molar-refractivity contribution in [3.05, 3.63) is 199 Å². The highest BCUT2D eigenvalue weighted by Crippen LogP contribution is 2.52. The number of hydrogen-bond donors (Lipinski definition) is 0. The molecule has 0 atom stereocenters. The average Bonchev–Trinajstić information content (AvgIpc) is 3.78. The minimum atomic E-state index is -0.0779. The zero-order valence-corrected chi connectivity index (χ0v) is 32.1. The summed E-state index contributed by atoms with van der Waals surface area (Å²) < 4.78 is 6.48. The van der Waals surface area contributed by atoms with Crippen molar-refractivity contribution in [3.63, 3.8) is 0 Å². The molecule has 0 radical (unpaired) electrons. The highest BCUT2D eigenvalue weighted by molar-refractivity contribution is 6.13. The minimum absolute atomic E-state index is 0.0779. The number of nitrogens with zero attached hydrogens (tertiary/aromatic N) is 3. The van der Waals surface area contributed by atoms with Gasteiger partial charge in [-0.1, -0.05) is 172 Å². The second kappa shape index (κ2) is 13.4. The van der Waals surface area contributed by atoms with E-state index in [-0.39, 0.29) is 5.41 Å². The molecule has 0 fully saturated rings. The van der Waals surface area contributed by atoms with Crippen LogP contribution < -0.4 is 0 Å². The summed E-state index contributed by atoms with van der Waals surface area (Å²) in [6.07, 6.45) is 0. The molecule has 0 saturated carbocycles. The molecule has 1 aliphatic rings. The van der Waals surface area contributed by atoms with E-state index in [1.165, 1.54) is 38.9 Å². The Kier molecular flexibility index (Phi) is 7.80. The van der Waals surface area contributed by atoms with E-state index in [1.807, 2.05) is 42.5 Å². The molecular weight excluding hydrogens is 707 g/mol. The third-order valence-corrected chi connectivity index (χ3v) is 11.7. The Bertz CT molecular complexity index is 3200. The van der Waals surface area contributed by atoms with Gasteiger partial charge in [-0.25, -0.2) is 15.0 Å². The molecule has 2 aromatic heterocycles. The van der Waals surface area contributed by atoms with Crippen molar-refractivity contribution in [2.75, 3.05) is 0 Å². The lowest BCUT2D eigenvalue weighted by Gasteiger charge is -2.21. The average molecular weight is 744 g/mol. The van der Waals surface area contributed by atoms with E-state index < -0.39 is 0 Å². The predicted molar refractivity (Wildman–Crippen MR) is 237 cm³/mol. The smallest absolute Gasteiger partial charge is 0.164 e. The van der Waals surface area contributed by atoms with Gasteiger partial charge in [-0.05, 0) is 86.0 Å². The van der Waals surface area contributed by atoms with Crippen LogP contribution in [-0.4, -0.2) is 15.0 Å². The molecule has 0 spiro atoms. The predicted octanol–water partition coefficient (Wildman–Crippen LogP) is 14.1. The van der Waals surface area contributed by atoms with Gasteiger partial charge in [0.15, 0.2) is 17.5 Å². The Morgan fingerprint density at radius 2 is 0.879 bits per heavy atom. The van der Waals surface area contributed by atoms with E-state index in [9.17, 15) is 0 Å². The first-order chi connectivity index (χ1) is 28.5. The minimum Gasteiger partial charge on any atom is -0.456 e. The van der Waals surface area contributed by atoms with Gasteiger partial charge in [0.05, 0.1) is 0 Å². The van der Waals surface area contributed by atoms with Crippen molar-refractivity contribution < 1.29 is 4.42 Å². The van der Waals surface area contributed by atoms with Crippen LogP contribution in [0.3, 0.4) is 0 Å². The summed E-state index contributed by atoms with van der Waals surface area (Å²) in [7, 11) is 0. The number of fused-ring (bicyclic) bond motifs is 6. The molecule has 0 bridgehead atoms. The van der Waals surface area contributed by atoms with Crippen LogP contribution in [-0.2, 0) is 5.41 Å². The molecule has 0 aliphatic heterocycles. The molecule has 4 nitrogen and oxygen atoms in total. The van der Waals surface area contributed by atoms with Crippen molar-refractivity contribution in [1.29, 1.82) is 0 Å². The standard InChI is InChI=1S/C54H37N3O/c1-54(2)45-26-10-9-23-43(45)49-42(24-13-27-46(49)54)38-20-12-22-40(32-38)53-56-51(35-17-7-4-8-18-35)55-52(57-53)39-21-11-19-36(31-39)37-29-30-44-48(33-37)58-47-28-14-25-41(50(44)47)34-15-5-3-6-16-34/h3-33H,1-2H3. The molecule has 0 N–H and O–H groups in total. The molecular formula is C54H37N3O. The number of aromatic nitrogens is 3. The van der Waals surface area contributed by atoms with Crippen molar-refractivity contribution in [2.45, 2.75) is 19.3 Å². The molecule has 8 aromatic carbocycles. The molecule has 274 valence electrons. The Balaban J connectivity index is 1.01. The summed E-state index contributed by atoms with van der Waals surface area (Å²) in [5, 5.41) is 2.23. The van der Waals surface area contributed by atoms with Gasteiger partial charge in [-0.2, -0.15) is 0 Å². The lowest BCUT2D eigenvalue weighted by Crippen LogP contribution is -2.14. The third kappa shape index (κ3) is 5.56. The first kappa shape index (κ1) is 33.9. The van der Waals surface area contributed by atoms with Crippen molar-refractivity contribution >= 4 is 21.9 Å². The quantitative estimate of drug-likeness (QED) is 0.170. The van der Waals surface area contributed by atoms with Gasteiger partial charge >= 0.3 is 0 Å². The molecule has 11 rings (SSSR count). The van der Waals surface area contributed by atoms with Gasteiger partial charge in [0, 0.05) is 32.9 Å². The first-order valence-corrected chi connectivity index (χ1v) is 19.8. The number of rotatable bonds is 6. The number of furan rings is 1. The Hall–Kier alpha value is -7.43. The normalized spacial score (nSPS) is 12.8. The van der Waals surface area contributed by atoms with E-state index in [0.717, 1.165) is 55.3 Å². The topological polar surface area (TPSA) is 51.8 Å². The number of benzene rings is 8. The third-order valence-electron chi connectivity index (χ3n) is 11.7. The maximum atomic E-state index is 6.48. The molecule has 0 saturated heterocycles. The fraction of sp³-hybridized carbons (Fsp3) is 0.0556. The van der Waals surface area contributed by atoms with Crippen LogP contribution in [0.1, 0.15) is 25.0 Å². The Morgan fingerprint density at radius 1 is 0.362 bits per heavy atom. The molecule has 0 amide bonds. The molecule has 2 heterocycles. The summed E-state index contributed by atoms with van der Waals surface area (Å²) in [6.45, 7) is 4.65. The van der Waals surface area contributed by atoms with Gasteiger partial charge < -0.3 is 4.42 Å². The fourth-order valence-corrected chi connectivity index (χ4v) is 8.87. The van der Waals surface area contributed by atoms with Crippen LogP contribution in [0.2, 0.25) is 0 Å². The summed E-state index contributed by atoms with van der Waals surface area (Å²) in [5.74, 6) is 1.87. The largest absolute Gasteiger partial charge is 0.456 e. The molecule has 58 heavy (non-hydrogen) atoms. The van der Waals surface area contributed by atoms with Crippen molar-refractivity contribution in [3.8, 4) is 78.7 Å². The maximum absolute atomic E-state index is 6.48. The van der Waals surface area contributed by atoms with Crippen molar-refractivity contribution in [1.82, 2.24) is 15.0 Å². The fourth-order valence-electron chi connectivity index (χ4n) is 8.87. The van der Waals surface area contributed by atoms with Crippen LogP contribution in [0.4, 0.5) is 0 Å². The van der Waals surface area contributed by atoms with E-state index in [2.05, 4.69) is 159 Å². The van der Waals surface area contributed by atoms with Gasteiger partial charge in [0.25, 0.3) is 0 Å².